The largest absolute Gasteiger partial charge is 0.444 e. The molecule has 3 aliphatic heterocycles. The summed E-state index contributed by atoms with van der Waals surface area (Å²) in [5, 5.41) is 6.74. The lowest BCUT2D eigenvalue weighted by atomic mass is 9.97. The van der Waals surface area contributed by atoms with Gasteiger partial charge >= 0.3 is 18.2 Å². The van der Waals surface area contributed by atoms with Crippen LogP contribution >= 0.6 is 0 Å². The lowest BCUT2D eigenvalue weighted by molar-refractivity contribution is -0.131. The Bertz CT molecular complexity index is 975. The standard InChI is InChI=1S/C27H45N5O8/c1-8-9-12-38-32-18-10-11-19(30(16-18)24(32)36)21(33)14-28-22(34)20-13-17(29-23(35)39-26(2,3)4)15-31(20)25(37)40-27(5,6)7/h17-20H,8-16H2,1-7H3,(H,28,34)(H,29,35)/t17-,18-,19-,20+/m0/s1. The molecule has 0 aromatic heterocycles. The number of urea groups is 1. The summed E-state index contributed by atoms with van der Waals surface area (Å²) in [6, 6.07) is -2.58. The minimum absolute atomic E-state index is 0.0420. The second-order valence-electron chi connectivity index (χ2n) is 12.6. The number of amides is 5. The SMILES string of the molecule is CCCCON1C(=O)N2C[C@@H]1CC[C@H]2C(=O)CNC(=O)[C@H]1C[C@H](NC(=O)OC(C)(C)C)CN1C(=O)OC(C)(C)C. The normalized spacial score (nSPS) is 24.7. The van der Waals surface area contributed by atoms with E-state index in [-0.39, 0.29) is 37.4 Å². The van der Waals surface area contributed by atoms with Crippen molar-refractivity contribution in [3.8, 4) is 0 Å². The monoisotopic (exact) mass is 567 g/mol. The summed E-state index contributed by atoms with van der Waals surface area (Å²) in [4.78, 5) is 72.9. The fraction of sp³-hybridized carbons (Fsp3) is 0.815. The molecule has 3 fully saturated rings. The molecule has 13 nitrogen and oxygen atoms in total. The molecule has 0 aliphatic carbocycles. The third kappa shape index (κ3) is 8.21. The average Bonchev–Trinajstić information content (AvgIpc) is 3.35. The van der Waals surface area contributed by atoms with E-state index in [1.54, 1.807) is 41.5 Å². The molecule has 3 rings (SSSR count). The Kier molecular flexibility index (Phi) is 9.91. The molecular weight excluding hydrogens is 522 g/mol. The summed E-state index contributed by atoms with van der Waals surface area (Å²) in [5.41, 5.74) is -1.50. The van der Waals surface area contributed by atoms with E-state index in [0.717, 1.165) is 12.8 Å². The summed E-state index contributed by atoms with van der Waals surface area (Å²) < 4.78 is 10.8. The van der Waals surface area contributed by atoms with Gasteiger partial charge in [0.2, 0.25) is 5.91 Å². The number of hydroxylamine groups is 2. The van der Waals surface area contributed by atoms with Gasteiger partial charge in [-0.15, -0.1) is 0 Å². The van der Waals surface area contributed by atoms with Crippen molar-refractivity contribution in [3.05, 3.63) is 0 Å². The number of carbonyl (C=O) groups excluding carboxylic acids is 5. The molecule has 5 amide bonds. The van der Waals surface area contributed by atoms with E-state index in [9.17, 15) is 24.0 Å². The Balaban J connectivity index is 1.61. The van der Waals surface area contributed by atoms with Crippen molar-refractivity contribution in [2.75, 3.05) is 26.2 Å². The highest BCUT2D eigenvalue weighted by Crippen LogP contribution is 2.30. The average molecular weight is 568 g/mol. The van der Waals surface area contributed by atoms with E-state index in [1.807, 2.05) is 6.92 Å². The molecule has 0 aromatic carbocycles. The first-order valence-electron chi connectivity index (χ1n) is 14.1. The van der Waals surface area contributed by atoms with Gasteiger partial charge in [-0.3, -0.25) is 19.3 Å². The van der Waals surface area contributed by atoms with E-state index < -0.39 is 47.4 Å². The van der Waals surface area contributed by atoms with Crippen LogP contribution in [0.3, 0.4) is 0 Å². The van der Waals surface area contributed by atoms with Gasteiger partial charge in [0.1, 0.15) is 17.2 Å². The van der Waals surface area contributed by atoms with Crippen molar-refractivity contribution in [3.63, 3.8) is 0 Å². The van der Waals surface area contributed by atoms with Crippen LogP contribution in [0.5, 0.6) is 0 Å². The molecule has 0 spiro atoms. The number of hydrogen-bond acceptors (Lipinski definition) is 8. The van der Waals surface area contributed by atoms with Gasteiger partial charge in [-0.2, -0.15) is 5.06 Å². The Morgan fingerprint density at radius 3 is 2.25 bits per heavy atom. The third-order valence-corrected chi connectivity index (χ3v) is 6.81. The van der Waals surface area contributed by atoms with Gasteiger partial charge in [0.25, 0.3) is 0 Å². The fourth-order valence-corrected chi connectivity index (χ4v) is 5.04. The van der Waals surface area contributed by atoms with Crippen molar-refractivity contribution in [2.45, 2.75) is 116 Å². The number of carbonyl (C=O) groups is 5. The maximum atomic E-state index is 13.2. The number of piperidine rings is 1. The zero-order valence-corrected chi connectivity index (χ0v) is 24.8. The first-order chi connectivity index (χ1) is 18.6. The summed E-state index contributed by atoms with van der Waals surface area (Å²) in [6.07, 6.45) is 1.66. The number of Topliss-reactive ketones (excluding diaryl/α,β-unsaturated/α-hetero) is 1. The smallest absolute Gasteiger partial charge is 0.411 e. The van der Waals surface area contributed by atoms with Crippen LogP contribution < -0.4 is 10.6 Å². The van der Waals surface area contributed by atoms with E-state index in [0.29, 0.717) is 26.0 Å². The van der Waals surface area contributed by atoms with Gasteiger partial charge in [0.05, 0.1) is 31.3 Å². The lowest BCUT2D eigenvalue weighted by Crippen LogP contribution is -2.51. The number of fused-ring (bicyclic) bond motifs is 2. The van der Waals surface area contributed by atoms with Gasteiger partial charge in [-0.1, -0.05) is 13.3 Å². The molecule has 3 saturated heterocycles. The number of likely N-dealkylation sites (tertiary alicyclic amines) is 1. The van der Waals surface area contributed by atoms with Crippen molar-refractivity contribution in [1.82, 2.24) is 25.5 Å². The van der Waals surface area contributed by atoms with Gasteiger partial charge < -0.3 is 25.0 Å². The van der Waals surface area contributed by atoms with Crippen LogP contribution in [0.25, 0.3) is 0 Å². The Morgan fingerprint density at radius 1 is 0.950 bits per heavy atom. The zero-order valence-electron chi connectivity index (χ0n) is 24.8. The molecular formula is C27H45N5O8. The van der Waals surface area contributed by atoms with Crippen molar-refractivity contribution < 1.29 is 38.3 Å². The minimum Gasteiger partial charge on any atom is -0.444 e. The van der Waals surface area contributed by atoms with Gasteiger partial charge in [0.15, 0.2) is 5.78 Å². The number of alkyl carbamates (subject to hydrolysis) is 1. The van der Waals surface area contributed by atoms with Crippen molar-refractivity contribution in [1.29, 1.82) is 0 Å². The van der Waals surface area contributed by atoms with Gasteiger partial charge in [-0.05, 0) is 67.2 Å². The second kappa shape index (κ2) is 12.6. The molecule has 0 unspecified atom stereocenters. The van der Waals surface area contributed by atoms with E-state index in [1.165, 1.54) is 14.9 Å². The fourth-order valence-electron chi connectivity index (χ4n) is 5.04. The highest BCUT2D eigenvalue weighted by Gasteiger charge is 2.48. The molecule has 40 heavy (non-hydrogen) atoms. The summed E-state index contributed by atoms with van der Waals surface area (Å²) in [6.45, 7) is 13.0. The number of ketones is 1. The number of unbranched alkanes of at least 4 members (excludes halogenated alkanes) is 1. The number of nitrogens with one attached hydrogen (secondary N) is 2. The van der Waals surface area contributed by atoms with Crippen LogP contribution in [0.4, 0.5) is 14.4 Å². The maximum absolute atomic E-state index is 13.2. The van der Waals surface area contributed by atoms with Crippen LogP contribution in [0.2, 0.25) is 0 Å². The summed E-state index contributed by atoms with van der Waals surface area (Å²) in [7, 11) is 0. The minimum atomic E-state index is -0.964. The predicted molar refractivity (Wildman–Crippen MR) is 144 cm³/mol. The summed E-state index contributed by atoms with van der Waals surface area (Å²) in [5.74, 6) is -0.834. The highest BCUT2D eigenvalue weighted by atomic mass is 16.7. The number of ether oxygens (including phenoxy) is 2. The van der Waals surface area contributed by atoms with E-state index in [4.69, 9.17) is 14.3 Å². The molecule has 0 radical (unpaired) electrons. The van der Waals surface area contributed by atoms with E-state index >= 15 is 0 Å². The van der Waals surface area contributed by atoms with Crippen LogP contribution in [0, 0.1) is 0 Å². The third-order valence-electron chi connectivity index (χ3n) is 6.81. The van der Waals surface area contributed by atoms with Crippen molar-refractivity contribution in [2.24, 2.45) is 0 Å². The number of nitrogens with zero attached hydrogens (tertiary/aromatic N) is 3. The topological polar surface area (TPSA) is 147 Å². The van der Waals surface area contributed by atoms with Gasteiger partial charge in [-0.25, -0.2) is 14.4 Å². The quantitative estimate of drug-likeness (QED) is 0.404. The first kappa shape index (κ1) is 31.4. The van der Waals surface area contributed by atoms with E-state index in [2.05, 4.69) is 10.6 Å². The molecule has 0 aromatic rings. The molecule has 2 bridgehead atoms. The molecule has 2 N–H and O–H groups in total. The summed E-state index contributed by atoms with van der Waals surface area (Å²) >= 11 is 0. The maximum Gasteiger partial charge on any atom is 0.411 e. The second-order valence-corrected chi connectivity index (χ2v) is 12.6. The molecule has 4 atom stereocenters. The number of hydrogen-bond donors (Lipinski definition) is 2. The van der Waals surface area contributed by atoms with Crippen molar-refractivity contribution >= 4 is 29.9 Å². The van der Waals surface area contributed by atoms with Crippen LogP contribution in [-0.4, -0.2) is 106 Å². The highest BCUT2D eigenvalue weighted by molar-refractivity contribution is 5.95. The first-order valence-corrected chi connectivity index (χ1v) is 14.1. The van der Waals surface area contributed by atoms with Gasteiger partial charge in [0, 0.05) is 13.1 Å². The molecule has 0 saturated carbocycles. The zero-order chi connectivity index (χ0) is 29.8. The molecule has 3 heterocycles. The predicted octanol–water partition coefficient (Wildman–Crippen LogP) is 2.57. The number of rotatable bonds is 9. The Labute approximate surface area is 236 Å². The molecule has 226 valence electrons. The Morgan fingerprint density at radius 2 is 1.62 bits per heavy atom. The van der Waals surface area contributed by atoms with Crippen LogP contribution in [0.1, 0.15) is 80.6 Å². The molecule has 3 aliphatic rings. The van der Waals surface area contributed by atoms with Crippen LogP contribution in [0.15, 0.2) is 0 Å². The van der Waals surface area contributed by atoms with Crippen LogP contribution in [-0.2, 0) is 23.9 Å². The molecule has 13 heteroatoms. The lowest BCUT2D eigenvalue weighted by Gasteiger charge is -2.30. The Hall–Kier alpha value is -3.09.